The molecule has 0 aliphatic heterocycles. The summed E-state index contributed by atoms with van der Waals surface area (Å²) in [6.45, 7) is 0. The molecule has 0 bridgehead atoms. The van der Waals surface area contributed by atoms with Crippen LogP contribution in [0.1, 0.15) is 6.85 Å². The zero-order chi connectivity index (χ0) is 35.5. The third-order valence-electron chi connectivity index (χ3n) is 8.75. The van der Waals surface area contributed by atoms with E-state index in [1.54, 1.807) is 4.57 Å². The Hall–Kier alpha value is -6.32. The molecule has 0 N–H and O–H groups in total. The molecule has 0 aliphatic rings. The van der Waals surface area contributed by atoms with Crippen molar-refractivity contribution in [1.82, 2.24) is 14.5 Å². The standard InChI is InChI=1S/C44H29N3/c1-2-17-32(18-3-1)47-41-27-11-10-26-40(41)46-44(47)38-24-9-8-23-37(38)43-35-21-6-4-19-33(35)42(34-20-5-7-22-36(34)43)31-16-14-15-30(29-31)39-25-12-13-28-45-39/h1-29H/i1D,2D,3D,17D,18D. The number of aromatic nitrogens is 3. The molecule has 0 unspecified atom stereocenters. The molecule has 0 spiro atoms. The maximum atomic E-state index is 8.93. The SMILES string of the molecule is [2H]c1c([2H])c([2H])c(-n2c(-c3ccccc3-c3c4ccccc4c(-c4cccc(-c5ccccn5)c4)c4ccccc34)nc3ccccc32)c([2H])c1[2H]. The molecule has 220 valence electrons. The summed E-state index contributed by atoms with van der Waals surface area (Å²) in [6.07, 6.45) is 1.81. The van der Waals surface area contributed by atoms with E-state index in [4.69, 9.17) is 11.8 Å². The summed E-state index contributed by atoms with van der Waals surface area (Å²) in [4.78, 5) is 9.70. The molecular formula is C44H29N3. The van der Waals surface area contributed by atoms with E-state index in [9.17, 15) is 0 Å². The Labute approximate surface area is 280 Å². The van der Waals surface area contributed by atoms with Crippen LogP contribution in [-0.2, 0) is 0 Å². The van der Waals surface area contributed by atoms with Crippen LogP contribution in [0.2, 0.25) is 0 Å². The number of hydrogen-bond acceptors (Lipinski definition) is 2. The van der Waals surface area contributed by atoms with E-state index < -0.39 is 18.1 Å². The average Bonchev–Trinajstić information content (AvgIpc) is 3.58. The number of fused-ring (bicyclic) bond motifs is 3. The molecule has 3 nitrogen and oxygen atoms in total. The van der Waals surface area contributed by atoms with Crippen molar-refractivity contribution < 1.29 is 6.85 Å². The van der Waals surface area contributed by atoms with E-state index in [2.05, 4.69) is 83.8 Å². The predicted molar refractivity (Wildman–Crippen MR) is 196 cm³/mol. The summed E-state index contributed by atoms with van der Waals surface area (Å²) < 4.78 is 44.8. The summed E-state index contributed by atoms with van der Waals surface area (Å²) in [6, 6.07) is 45.1. The van der Waals surface area contributed by atoms with Gasteiger partial charge in [-0.2, -0.15) is 0 Å². The molecule has 2 aromatic heterocycles. The van der Waals surface area contributed by atoms with E-state index in [1.165, 1.54) is 0 Å². The highest BCUT2D eigenvalue weighted by Crippen LogP contribution is 2.46. The highest BCUT2D eigenvalue weighted by Gasteiger charge is 2.22. The van der Waals surface area contributed by atoms with Crippen molar-refractivity contribution in [2.24, 2.45) is 0 Å². The minimum atomic E-state index is -0.436. The second-order valence-electron chi connectivity index (χ2n) is 11.4. The summed E-state index contributed by atoms with van der Waals surface area (Å²) in [5.74, 6) is 0.482. The number of nitrogens with zero attached hydrogens (tertiary/aromatic N) is 3. The average molecular weight is 605 g/mol. The van der Waals surface area contributed by atoms with Crippen LogP contribution < -0.4 is 0 Å². The van der Waals surface area contributed by atoms with Gasteiger partial charge in [0.05, 0.1) is 23.6 Å². The maximum Gasteiger partial charge on any atom is 0.146 e. The monoisotopic (exact) mass is 604 g/mol. The van der Waals surface area contributed by atoms with Gasteiger partial charge in [-0.1, -0.05) is 127 Å². The Morgan fingerprint density at radius 3 is 1.85 bits per heavy atom. The van der Waals surface area contributed by atoms with Crippen molar-refractivity contribution >= 4 is 32.6 Å². The Balaban J connectivity index is 1.36. The van der Waals surface area contributed by atoms with Crippen LogP contribution in [0.25, 0.3) is 83.2 Å². The van der Waals surface area contributed by atoms with Gasteiger partial charge in [-0.15, -0.1) is 0 Å². The highest BCUT2D eigenvalue weighted by molar-refractivity contribution is 6.22. The first-order valence-corrected chi connectivity index (χ1v) is 15.5. The first-order chi connectivity index (χ1) is 25.4. The van der Waals surface area contributed by atoms with Gasteiger partial charge in [-0.3, -0.25) is 9.55 Å². The minimum Gasteiger partial charge on any atom is -0.292 e. The Kier molecular flexibility index (Phi) is 5.32. The third-order valence-corrected chi connectivity index (χ3v) is 8.75. The predicted octanol–water partition coefficient (Wildman–Crippen LogP) is 11.4. The van der Waals surface area contributed by atoms with E-state index in [-0.39, 0.29) is 17.8 Å². The molecule has 3 heteroatoms. The largest absolute Gasteiger partial charge is 0.292 e. The third kappa shape index (κ3) is 4.52. The van der Waals surface area contributed by atoms with Crippen LogP contribution in [0, 0.1) is 0 Å². The van der Waals surface area contributed by atoms with Crippen molar-refractivity contribution in [3.8, 4) is 50.6 Å². The molecule has 0 radical (unpaired) electrons. The van der Waals surface area contributed by atoms with Crippen molar-refractivity contribution in [2.75, 3.05) is 0 Å². The number of benzene rings is 7. The van der Waals surface area contributed by atoms with Crippen LogP contribution in [-0.4, -0.2) is 14.5 Å². The van der Waals surface area contributed by atoms with E-state index in [0.717, 1.165) is 60.6 Å². The molecule has 9 rings (SSSR count). The van der Waals surface area contributed by atoms with Gasteiger partial charge in [-0.05, 0) is 86.2 Å². The highest BCUT2D eigenvalue weighted by atomic mass is 15.1. The number of para-hydroxylation sites is 3. The van der Waals surface area contributed by atoms with E-state index in [0.29, 0.717) is 16.9 Å². The van der Waals surface area contributed by atoms with Gasteiger partial charge in [0.25, 0.3) is 0 Å². The molecule has 0 atom stereocenters. The molecule has 0 saturated carbocycles. The first kappa shape index (κ1) is 22.2. The van der Waals surface area contributed by atoms with E-state index in [1.807, 2.05) is 66.9 Å². The molecule has 0 fully saturated rings. The molecule has 9 aromatic rings. The van der Waals surface area contributed by atoms with Crippen LogP contribution in [0.15, 0.2) is 176 Å². The van der Waals surface area contributed by atoms with Crippen LogP contribution in [0.3, 0.4) is 0 Å². The van der Waals surface area contributed by atoms with Crippen LogP contribution in [0.4, 0.5) is 0 Å². The Bertz CT molecular complexity index is 2780. The lowest BCUT2D eigenvalue weighted by Gasteiger charge is -2.20. The maximum absolute atomic E-state index is 8.93. The van der Waals surface area contributed by atoms with Gasteiger partial charge in [0, 0.05) is 23.0 Å². The van der Waals surface area contributed by atoms with Crippen molar-refractivity contribution in [3.63, 3.8) is 0 Å². The van der Waals surface area contributed by atoms with E-state index >= 15 is 0 Å². The lowest BCUT2D eigenvalue weighted by atomic mass is 9.84. The molecule has 47 heavy (non-hydrogen) atoms. The Morgan fingerprint density at radius 2 is 1.13 bits per heavy atom. The zero-order valence-electron chi connectivity index (χ0n) is 30.2. The smallest absolute Gasteiger partial charge is 0.146 e. The lowest BCUT2D eigenvalue weighted by Crippen LogP contribution is -1.99. The molecular weight excluding hydrogens is 571 g/mol. The topological polar surface area (TPSA) is 30.7 Å². The van der Waals surface area contributed by atoms with Gasteiger partial charge in [0.15, 0.2) is 0 Å². The molecule has 2 heterocycles. The molecule has 0 amide bonds. The minimum absolute atomic E-state index is 0.0577. The van der Waals surface area contributed by atoms with Gasteiger partial charge in [-0.25, -0.2) is 4.98 Å². The van der Waals surface area contributed by atoms with Gasteiger partial charge in [0.1, 0.15) is 5.82 Å². The van der Waals surface area contributed by atoms with Gasteiger partial charge < -0.3 is 0 Å². The molecule has 0 aliphatic carbocycles. The number of imidazole rings is 1. The van der Waals surface area contributed by atoms with Crippen molar-refractivity contribution in [3.05, 3.63) is 176 Å². The fourth-order valence-electron chi connectivity index (χ4n) is 6.78. The fraction of sp³-hybridized carbons (Fsp3) is 0. The summed E-state index contributed by atoms with van der Waals surface area (Å²) in [7, 11) is 0. The fourth-order valence-corrected chi connectivity index (χ4v) is 6.78. The normalized spacial score (nSPS) is 12.9. The zero-order valence-corrected chi connectivity index (χ0v) is 25.2. The van der Waals surface area contributed by atoms with Crippen LogP contribution in [0.5, 0.6) is 0 Å². The van der Waals surface area contributed by atoms with Gasteiger partial charge in [0.2, 0.25) is 0 Å². The number of hydrogen-bond donors (Lipinski definition) is 0. The number of rotatable bonds is 5. The summed E-state index contributed by atoms with van der Waals surface area (Å²) >= 11 is 0. The van der Waals surface area contributed by atoms with Crippen LogP contribution >= 0.6 is 0 Å². The second kappa shape index (κ2) is 11.2. The number of pyridine rings is 1. The van der Waals surface area contributed by atoms with Crippen molar-refractivity contribution in [1.29, 1.82) is 0 Å². The van der Waals surface area contributed by atoms with Crippen molar-refractivity contribution in [2.45, 2.75) is 0 Å². The molecule has 0 saturated heterocycles. The lowest BCUT2D eigenvalue weighted by molar-refractivity contribution is 1.10. The Morgan fingerprint density at radius 1 is 0.511 bits per heavy atom. The summed E-state index contributed by atoms with van der Waals surface area (Å²) in [5.41, 5.74) is 8.19. The molecule has 7 aromatic carbocycles. The first-order valence-electron chi connectivity index (χ1n) is 18.0. The van der Waals surface area contributed by atoms with Gasteiger partial charge >= 0.3 is 0 Å². The second-order valence-corrected chi connectivity index (χ2v) is 11.4. The summed E-state index contributed by atoms with van der Waals surface area (Å²) in [5, 5.41) is 4.28. The quantitative estimate of drug-likeness (QED) is 0.183.